The molecule has 1 saturated heterocycles. The molecule has 1 N–H and O–H groups in total. The maximum absolute atomic E-state index is 12.9. The monoisotopic (exact) mass is 320 g/mol. The van der Waals surface area contributed by atoms with Crippen molar-refractivity contribution >= 4 is 11.7 Å². The van der Waals surface area contributed by atoms with Gasteiger partial charge in [-0.15, -0.1) is 0 Å². The van der Waals surface area contributed by atoms with E-state index in [2.05, 4.69) is 10.2 Å². The second kappa shape index (κ2) is 7.21. The number of nitrogens with one attached hydrogen (secondary N) is 1. The van der Waals surface area contributed by atoms with E-state index >= 15 is 0 Å². The van der Waals surface area contributed by atoms with Gasteiger partial charge in [-0.1, -0.05) is 0 Å². The van der Waals surface area contributed by atoms with E-state index in [1.807, 2.05) is 20.8 Å². The summed E-state index contributed by atoms with van der Waals surface area (Å²) in [6, 6.07) is 5.72. The van der Waals surface area contributed by atoms with E-state index in [4.69, 9.17) is 0 Å². The van der Waals surface area contributed by atoms with Crippen molar-refractivity contribution in [2.75, 3.05) is 19.6 Å². The maximum atomic E-state index is 12.9. The summed E-state index contributed by atoms with van der Waals surface area (Å²) in [5, 5.41) is 2.95. The lowest BCUT2D eigenvalue weighted by atomic mass is 9.89. The zero-order valence-electron chi connectivity index (χ0n) is 14.1. The summed E-state index contributed by atoms with van der Waals surface area (Å²) in [6.45, 7) is 7.70. The molecule has 0 saturated carbocycles. The first-order chi connectivity index (χ1) is 10.7. The average Bonchev–Trinajstić information content (AvgIpc) is 2.46. The van der Waals surface area contributed by atoms with Crippen LogP contribution in [0.5, 0.6) is 0 Å². The standard InChI is InChI=1S/C18H25FN2O2/c1-18(2,3)20-16(22)12-21-10-8-14(9-11-21)17(23)13-4-6-15(19)7-5-13/h4-7,14H,8-12H2,1-3H3,(H,20,22). The van der Waals surface area contributed by atoms with Crippen molar-refractivity contribution in [2.24, 2.45) is 5.92 Å². The first-order valence-corrected chi connectivity index (χ1v) is 8.08. The molecule has 1 aromatic carbocycles. The Morgan fingerprint density at radius 3 is 2.26 bits per heavy atom. The number of carbonyl (C=O) groups is 2. The van der Waals surface area contributed by atoms with Gasteiger partial charge in [0.05, 0.1) is 6.54 Å². The van der Waals surface area contributed by atoms with Crippen LogP contribution in [0.2, 0.25) is 0 Å². The first-order valence-electron chi connectivity index (χ1n) is 8.08. The minimum Gasteiger partial charge on any atom is -0.350 e. The quantitative estimate of drug-likeness (QED) is 0.868. The highest BCUT2D eigenvalue weighted by Crippen LogP contribution is 2.22. The Bertz CT molecular complexity index is 555. The highest BCUT2D eigenvalue weighted by Gasteiger charge is 2.27. The van der Waals surface area contributed by atoms with Gasteiger partial charge in [-0.05, 0) is 71.0 Å². The molecule has 0 aliphatic carbocycles. The van der Waals surface area contributed by atoms with Gasteiger partial charge in [-0.25, -0.2) is 4.39 Å². The maximum Gasteiger partial charge on any atom is 0.234 e. The number of halogens is 1. The molecule has 0 unspecified atom stereocenters. The molecule has 0 atom stereocenters. The predicted molar refractivity (Wildman–Crippen MR) is 87.8 cm³/mol. The Morgan fingerprint density at radius 1 is 1.17 bits per heavy atom. The lowest BCUT2D eigenvalue weighted by molar-refractivity contribution is -0.123. The van der Waals surface area contributed by atoms with Crippen LogP contribution in [0.1, 0.15) is 44.0 Å². The second-order valence-corrected chi connectivity index (χ2v) is 7.22. The van der Waals surface area contributed by atoms with E-state index < -0.39 is 0 Å². The van der Waals surface area contributed by atoms with Crippen molar-refractivity contribution in [2.45, 2.75) is 39.2 Å². The molecule has 0 spiro atoms. The van der Waals surface area contributed by atoms with E-state index in [9.17, 15) is 14.0 Å². The molecule has 4 nitrogen and oxygen atoms in total. The van der Waals surface area contributed by atoms with Crippen LogP contribution in [-0.4, -0.2) is 41.8 Å². The zero-order valence-corrected chi connectivity index (χ0v) is 14.1. The number of amides is 1. The van der Waals surface area contributed by atoms with Crippen molar-refractivity contribution in [1.29, 1.82) is 0 Å². The third-order valence-electron chi connectivity index (χ3n) is 3.97. The molecule has 1 amide bonds. The molecule has 0 aromatic heterocycles. The van der Waals surface area contributed by atoms with Gasteiger partial charge in [0.15, 0.2) is 5.78 Å². The van der Waals surface area contributed by atoms with E-state index in [0.717, 1.165) is 25.9 Å². The van der Waals surface area contributed by atoms with E-state index in [1.165, 1.54) is 12.1 Å². The summed E-state index contributed by atoms with van der Waals surface area (Å²) in [6.07, 6.45) is 1.47. The zero-order chi connectivity index (χ0) is 17.0. The fourth-order valence-electron chi connectivity index (χ4n) is 2.86. The SMILES string of the molecule is CC(C)(C)NC(=O)CN1CCC(C(=O)c2ccc(F)cc2)CC1. The van der Waals surface area contributed by atoms with Crippen LogP contribution in [-0.2, 0) is 4.79 Å². The summed E-state index contributed by atoms with van der Waals surface area (Å²) < 4.78 is 12.9. The number of carbonyl (C=O) groups excluding carboxylic acids is 2. The van der Waals surface area contributed by atoms with Crippen molar-refractivity contribution < 1.29 is 14.0 Å². The molecule has 5 heteroatoms. The number of ketones is 1. The third kappa shape index (κ3) is 5.43. The number of rotatable bonds is 4. The molecule has 23 heavy (non-hydrogen) atoms. The van der Waals surface area contributed by atoms with Crippen molar-refractivity contribution in [3.63, 3.8) is 0 Å². The highest BCUT2D eigenvalue weighted by atomic mass is 19.1. The lowest BCUT2D eigenvalue weighted by Gasteiger charge is -2.31. The minimum atomic E-state index is -0.332. The number of piperidine rings is 1. The van der Waals surface area contributed by atoms with Gasteiger partial charge >= 0.3 is 0 Å². The van der Waals surface area contributed by atoms with E-state index in [1.54, 1.807) is 12.1 Å². The average molecular weight is 320 g/mol. The van der Waals surface area contributed by atoms with Gasteiger partial charge in [0, 0.05) is 17.0 Å². The number of nitrogens with zero attached hydrogens (tertiary/aromatic N) is 1. The summed E-state index contributed by atoms with van der Waals surface area (Å²) in [5.74, 6) is -0.284. The van der Waals surface area contributed by atoms with E-state index in [-0.39, 0.29) is 29.0 Å². The molecule has 0 radical (unpaired) electrons. The van der Waals surface area contributed by atoms with Gasteiger partial charge in [0.25, 0.3) is 0 Å². The largest absolute Gasteiger partial charge is 0.350 e. The Kier molecular flexibility index (Phi) is 5.52. The fourth-order valence-corrected chi connectivity index (χ4v) is 2.86. The number of likely N-dealkylation sites (tertiary alicyclic amines) is 1. The van der Waals surface area contributed by atoms with Crippen molar-refractivity contribution in [3.05, 3.63) is 35.6 Å². The smallest absolute Gasteiger partial charge is 0.234 e. The molecule has 1 aliphatic rings. The van der Waals surface area contributed by atoms with Gasteiger partial charge in [-0.3, -0.25) is 14.5 Å². The van der Waals surface area contributed by atoms with Crippen LogP contribution in [0.15, 0.2) is 24.3 Å². The predicted octanol–water partition coefficient (Wildman–Crippen LogP) is 2.64. The molecular weight excluding hydrogens is 295 g/mol. The van der Waals surface area contributed by atoms with Crippen LogP contribution < -0.4 is 5.32 Å². The van der Waals surface area contributed by atoms with Crippen LogP contribution in [0.4, 0.5) is 4.39 Å². The molecular formula is C18H25FN2O2. The topological polar surface area (TPSA) is 49.4 Å². The summed E-state index contributed by atoms with van der Waals surface area (Å²) >= 11 is 0. The lowest BCUT2D eigenvalue weighted by Crippen LogP contribution is -2.47. The van der Waals surface area contributed by atoms with Crippen LogP contribution in [0.3, 0.4) is 0 Å². The third-order valence-corrected chi connectivity index (χ3v) is 3.97. The van der Waals surface area contributed by atoms with Gasteiger partial charge in [0.2, 0.25) is 5.91 Å². The summed E-state index contributed by atoms with van der Waals surface area (Å²) in [4.78, 5) is 26.4. The van der Waals surface area contributed by atoms with Crippen molar-refractivity contribution in [3.8, 4) is 0 Å². The Hall–Kier alpha value is -1.75. The Labute approximate surface area is 137 Å². The van der Waals surface area contributed by atoms with E-state index in [0.29, 0.717) is 12.1 Å². The molecule has 1 aromatic rings. The fraction of sp³-hybridized carbons (Fsp3) is 0.556. The van der Waals surface area contributed by atoms with Crippen LogP contribution in [0.25, 0.3) is 0 Å². The number of hydrogen-bond acceptors (Lipinski definition) is 3. The minimum absolute atomic E-state index is 0.0146. The van der Waals surface area contributed by atoms with Crippen LogP contribution in [0, 0.1) is 11.7 Å². The summed E-state index contributed by atoms with van der Waals surface area (Å²) in [7, 11) is 0. The Balaban J connectivity index is 1.83. The molecule has 1 heterocycles. The number of Topliss-reactive ketones (excluding diaryl/α,β-unsaturated/α-hetero) is 1. The highest BCUT2D eigenvalue weighted by molar-refractivity contribution is 5.97. The number of hydrogen-bond donors (Lipinski definition) is 1. The Morgan fingerprint density at radius 2 is 1.74 bits per heavy atom. The normalized spacial score (nSPS) is 17.0. The number of benzene rings is 1. The first kappa shape index (κ1) is 17.6. The van der Waals surface area contributed by atoms with Gasteiger partial charge in [-0.2, -0.15) is 0 Å². The van der Waals surface area contributed by atoms with Gasteiger partial charge < -0.3 is 5.32 Å². The molecule has 2 rings (SSSR count). The van der Waals surface area contributed by atoms with Crippen molar-refractivity contribution in [1.82, 2.24) is 10.2 Å². The molecule has 0 bridgehead atoms. The van der Waals surface area contributed by atoms with Crippen LogP contribution >= 0.6 is 0 Å². The van der Waals surface area contributed by atoms with Gasteiger partial charge in [0.1, 0.15) is 5.82 Å². The summed E-state index contributed by atoms with van der Waals surface area (Å²) in [5.41, 5.74) is 0.337. The second-order valence-electron chi connectivity index (χ2n) is 7.22. The molecule has 1 aliphatic heterocycles. The molecule has 126 valence electrons. The molecule has 1 fully saturated rings.